The minimum atomic E-state index is -4.66. The third kappa shape index (κ3) is 6.54. The van der Waals surface area contributed by atoms with Crippen molar-refractivity contribution in [2.24, 2.45) is 0 Å². The van der Waals surface area contributed by atoms with Crippen LogP contribution in [0.2, 0.25) is 10.0 Å². The Kier molecular flexibility index (Phi) is 6.97. The number of halogens is 5. The number of hydrogen-bond donors (Lipinski definition) is 3. The number of carbonyl (C=O) groups excluding carboxylic acids is 1. The summed E-state index contributed by atoms with van der Waals surface area (Å²) in [6, 6.07) is 1.19. The van der Waals surface area contributed by atoms with Gasteiger partial charge in [0.1, 0.15) is 17.8 Å². The third-order valence-corrected chi connectivity index (χ3v) is 3.55. The van der Waals surface area contributed by atoms with Crippen LogP contribution in [0.15, 0.2) is 12.1 Å². The summed E-state index contributed by atoms with van der Waals surface area (Å²) >= 11 is 11.5. The van der Waals surface area contributed by atoms with Gasteiger partial charge < -0.3 is 20.3 Å². The molecule has 142 valence electrons. The minimum Gasteiger partial charge on any atom is -0.444 e. The summed E-state index contributed by atoms with van der Waals surface area (Å²) in [6.07, 6.45) is -8.77. The molecule has 0 aromatic heterocycles. The zero-order chi connectivity index (χ0) is 19.6. The van der Waals surface area contributed by atoms with Crippen molar-refractivity contribution in [1.29, 1.82) is 0 Å². The van der Waals surface area contributed by atoms with E-state index in [1.807, 2.05) is 0 Å². The van der Waals surface area contributed by atoms with E-state index in [9.17, 15) is 28.2 Å². The van der Waals surface area contributed by atoms with Gasteiger partial charge in [-0.2, -0.15) is 13.2 Å². The van der Waals surface area contributed by atoms with Crippen LogP contribution in [0.25, 0.3) is 0 Å². The molecule has 0 radical (unpaired) electrons. The van der Waals surface area contributed by atoms with E-state index in [0.717, 1.165) is 0 Å². The molecule has 0 aliphatic carbocycles. The van der Waals surface area contributed by atoms with Crippen molar-refractivity contribution in [1.82, 2.24) is 5.32 Å². The Morgan fingerprint density at radius 2 is 1.68 bits per heavy atom. The van der Waals surface area contributed by atoms with Gasteiger partial charge in [0.05, 0.1) is 5.56 Å². The molecule has 1 amide bonds. The lowest BCUT2D eigenvalue weighted by Crippen LogP contribution is -2.39. The zero-order valence-corrected chi connectivity index (χ0v) is 15.1. The number of aliphatic hydroxyl groups is 2. The maximum atomic E-state index is 12.7. The van der Waals surface area contributed by atoms with Crippen LogP contribution in [0, 0.1) is 0 Å². The van der Waals surface area contributed by atoms with E-state index in [0.29, 0.717) is 12.1 Å². The SMILES string of the molecule is CC(C)(C)OC(=O)NCC(O)C(O)c1c(Cl)cc(C(F)(F)F)cc1Cl. The lowest BCUT2D eigenvalue weighted by molar-refractivity contribution is -0.137. The maximum Gasteiger partial charge on any atom is 0.416 e. The number of carbonyl (C=O) groups is 1. The number of ether oxygens (including phenoxy) is 1. The largest absolute Gasteiger partial charge is 0.444 e. The molecule has 2 unspecified atom stereocenters. The topological polar surface area (TPSA) is 78.8 Å². The molecular weight excluding hydrogens is 386 g/mol. The fourth-order valence-corrected chi connectivity index (χ4v) is 2.55. The van der Waals surface area contributed by atoms with E-state index in [1.165, 1.54) is 0 Å². The van der Waals surface area contributed by atoms with Crippen molar-refractivity contribution in [3.05, 3.63) is 33.3 Å². The Labute approximate surface area is 152 Å². The van der Waals surface area contributed by atoms with Crippen LogP contribution in [0.4, 0.5) is 18.0 Å². The summed E-state index contributed by atoms with van der Waals surface area (Å²) in [6.45, 7) is 4.49. The minimum absolute atomic E-state index is 0.269. The van der Waals surface area contributed by atoms with Crippen LogP contribution in [-0.4, -0.2) is 34.6 Å². The molecule has 1 aromatic carbocycles. The Hall–Kier alpha value is -1.22. The highest BCUT2D eigenvalue weighted by Crippen LogP contribution is 2.38. The van der Waals surface area contributed by atoms with Crippen molar-refractivity contribution in [3.63, 3.8) is 0 Å². The molecule has 25 heavy (non-hydrogen) atoms. The van der Waals surface area contributed by atoms with Crippen molar-refractivity contribution in [2.45, 2.75) is 44.8 Å². The molecule has 0 heterocycles. The lowest BCUT2D eigenvalue weighted by Gasteiger charge is -2.23. The molecule has 0 bridgehead atoms. The van der Waals surface area contributed by atoms with Gasteiger partial charge in [-0.1, -0.05) is 23.2 Å². The van der Waals surface area contributed by atoms with Gasteiger partial charge in [0.2, 0.25) is 0 Å². The summed E-state index contributed by atoms with van der Waals surface area (Å²) in [5.41, 5.74) is -2.11. The monoisotopic (exact) mass is 403 g/mol. The van der Waals surface area contributed by atoms with Crippen LogP contribution in [-0.2, 0) is 10.9 Å². The standard InChI is InChI=1S/C15H18Cl2F3NO4/c1-14(2,3)25-13(24)21-6-10(22)12(23)11-8(16)4-7(5-9(11)17)15(18,19)20/h4-5,10,12,22-23H,6H2,1-3H3,(H,21,24). The first-order valence-electron chi connectivity index (χ1n) is 7.11. The van der Waals surface area contributed by atoms with Crippen molar-refractivity contribution in [3.8, 4) is 0 Å². The van der Waals surface area contributed by atoms with Gasteiger partial charge in [0.15, 0.2) is 0 Å². The van der Waals surface area contributed by atoms with Gasteiger partial charge in [-0.15, -0.1) is 0 Å². The molecule has 1 aromatic rings. The molecule has 1 rings (SSSR count). The van der Waals surface area contributed by atoms with E-state index in [1.54, 1.807) is 20.8 Å². The summed E-state index contributed by atoms with van der Waals surface area (Å²) in [4.78, 5) is 11.5. The van der Waals surface area contributed by atoms with Gasteiger partial charge in [0, 0.05) is 22.2 Å². The van der Waals surface area contributed by atoms with Crippen LogP contribution in [0.1, 0.15) is 38.0 Å². The molecule has 10 heteroatoms. The first-order valence-corrected chi connectivity index (χ1v) is 7.87. The Morgan fingerprint density at radius 3 is 2.08 bits per heavy atom. The summed E-state index contributed by atoms with van der Waals surface area (Å²) in [5, 5.41) is 21.4. The molecular formula is C15H18Cl2F3NO4. The number of alkyl carbamates (subject to hydrolysis) is 1. The molecule has 2 atom stereocenters. The molecule has 0 spiro atoms. The van der Waals surface area contributed by atoms with Gasteiger partial charge in [-0.3, -0.25) is 0 Å². The number of amides is 1. The number of nitrogens with one attached hydrogen (secondary N) is 1. The van der Waals surface area contributed by atoms with Crippen LogP contribution in [0.5, 0.6) is 0 Å². The highest BCUT2D eigenvalue weighted by molar-refractivity contribution is 6.36. The fraction of sp³-hybridized carbons (Fsp3) is 0.533. The van der Waals surface area contributed by atoms with Crippen LogP contribution in [0.3, 0.4) is 0 Å². The number of alkyl halides is 3. The highest BCUT2D eigenvalue weighted by atomic mass is 35.5. The van der Waals surface area contributed by atoms with E-state index >= 15 is 0 Å². The first kappa shape index (κ1) is 21.8. The van der Waals surface area contributed by atoms with Crippen molar-refractivity contribution in [2.75, 3.05) is 6.54 Å². The van der Waals surface area contributed by atoms with Gasteiger partial charge in [-0.25, -0.2) is 4.79 Å². The van der Waals surface area contributed by atoms with E-state index in [2.05, 4.69) is 5.32 Å². The molecule has 0 fully saturated rings. The van der Waals surface area contributed by atoms with E-state index in [-0.39, 0.29) is 5.56 Å². The third-order valence-electron chi connectivity index (χ3n) is 2.92. The Morgan fingerprint density at radius 1 is 1.20 bits per heavy atom. The second-order valence-corrected chi connectivity index (χ2v) is 7.06. The molecule has 0 saturated carbocycles. The Balaban J connectivity index is 2.86. The molecule has 0 saturated heterocycles. The normalized spacial score (nSPS) is 14.8. The van der Waals surface area contributed by atoms with Crippen LogP contribution >= 0.6 is 23.2 Å². The summed E-state index contributed by atoms with van der Waals surface area (Å²) < 4.78 is 43.0. The number of aliphatic hydroxyl groups excluding tert-OH is 2. The Bertz CT molecular complexity index is 609. The van der Waals surface area contributed by atoms with E-state index < -0.39 is 52.2 Å². The quantitative estimate of drug-likeness (QED) is 0.711. The number of rotatable bonds is 4. The second-order valence-electron chi connectivity index (χ2n) is 6.25. The van der Waals surface area contributed by atoms with E-state index in [4.69, 9.17) is 27.9 Å². The highest BCUT2D eigenvalue weighted by Gasteiger charge is 2.33. The van der Waals surface area contributed by atoms with Gasteiger partial charge >= 0.3 is 12.3 Å². The number of benzene rings is 1. The maximum absolute atomic E-state index is 12.7. The van der Waals surface area contributed by atoms with Crippen molar-refractivity contribution < 1.29 is 32.9 Å². The average molecular weight is 404 g/mol. The van der Waals surface area contributed by atoms with Gasteiger partial charge in [0.25, 0.3) is 0 Å². The average Bonchev–Trinajstić information content (AvgIpc) is 2.40. The summed E-state index contributed by atoms with van der Waals surface area (Å²) in [5.74, 6) is 0. The first-order chi connectivity index (χ1) is 11.2. The van der Waals surface area contributed by atoms with Crippen molar-refractivity contribution >= 4 is 29.3 Å². The number of hydrogen-bond acceptors (Lipinski definition) is 4. The molecule has 0 aliphatic heterocycles. The molecule has 3 N–H and O–H groups in total. The predicted octanol–water partition coefficient (Wildman–Crippen LogP) is 3.93. The van der Waals surface area contributed by atoms with Gasteiger partial charge in [-0.05, 0) is 32.9 Å². The zero-order valence-electron chi connectivity index (χ0n) is 13.6. The molecule has 0 aliphatic rings. The lowest BCUT2D eigenvalue weighted by atomic mass is 10.0. The summed E-state index contributed by atoms with van der Waals surface area (Å²) in [7, 11) is 0. The second kappa shape index (κ2) is 7.99. The fourth-order valence-electron chi connectivity index (χ4n) is 1.84. The smallest absolute Gasteiger partial charge is 0.416 e. The molecule has 5 nitrogen and oxygen atoms in total. The van der Waals surface area contributed by atoms with Crippen LogP contribution < -0.4 is 5.32 Å². The predicted molar refractivity (Wildman–Crippen MR) is 86.7 cm³/mol.